The van der Waals surface area contributed by atoms with E-state index in [1.807, 2.05) is 24.3 Å². The highest BCUT2D eigenvalue weighted by Gasteiger charge is 2.15. The van der Waals surface area contributed by atoms with Crippen LogP contribution in [-0.4, -0.2) is 5.11 Å². The van der Waals surface area contributed by atoms with Gasteiger partial charge in [0.05, 0.1) is 0 Å². The van der Waals surface area contributed by atoms with Gasteiger partial charge in [0.2, 0.25) is 0 Å². The van der Waals surface area contributed by atoms with E-state index in [0.29, 0.717) is 0 Å². The largest absolute Gasteiger partial charge is 0.508 e. The maximum Gasteiger partial charge on any atom is 0.123 e. The van der Waals surface area contributed by atoms with E-state index in [4.69, 9.17) is 0 Å². The predicted octanol–water partition coefficient (Wildman–Crippen LogP) is 5.30. The molecule has 2 heteroatoms. The van der Waals surface area contributed by atoms with Crippen LogP contribution in [0.5, 0.6) is 5.75 Å². The molecule has 1 nitrogen and oxygen atoms in total. The first-order valence-corrected chi connectivity index (χ1v) is 7.51. The van der Waals surface area contributed by atoms with Crippen LogP contribution in [-0.2, 0) is 0 Å². The first kappa shape index (κ1) is 13.9. The van der Waals surface area contributed by atoms with E-state index in [9.17, 15) is 9.50 Å². The zero-order valence-electron chi connectivity index (χ0n) is 12.0. The van der Waals surface area contributed by atoms with Crippen molar-refractivity contribution < 1.29 is 9.50 Å². The summed E-state index contributed by atoms with van der Waals surface area (Å²) >= 11 is 0. The second-order valence-corrected chi connectivity index (χ2v) is 5.59. The zero-order valence-corrected chi connectivity index (χ0v) is 12.0. The molecule has 0 unspecified atom stereocenters. The molecule has 2 aromatic rings. The Morgan fingerprint density at radius 1 is 0.762 bits per heavy atom. The molecular weight excluding hydrogens is 263 g/mol. The minimum Gasteiger partial charge on any atom is -0.508 e. The van der Waals surface area contributed by atoms with Gasteiger partial charge in [0.15, 0.2) is 0 Å². The van der Waals surface area contributed by atoms with Crippen molar-refractivity contribution in [2.45, 2.75) is 32.1 Å². The Morgan fingerprint density at radius 2 is 1.29 bits per heavy atom. The molecule has 0 radical (unpaired) electrons. The average Bonchev–Trinajstić information content (AvgIpc) is 2.52. The van der Waals surface area contributed by atoms with Crippen molar-refractivity contribution in [3.8, 4) is 5.75 Å². The van der Waals surface area contributed by atoms with Gasteiger partial charge in [-0.15, -0.1) is 0 Å². The smallest absolute Gasteiger partial charge is 0.123 e. The molecule has 0 saturated heterocycles. The number of benzene rings is 2. The molecular formula is C19H19FO. The lowest BCUT2D eigenvalue weighted by molar-refractivity contribution is 0.475. The summed E-state index contributed by atoms with van der Waals surface area (Å²) in [5, 5.41) is 9.49. The normalized spacial score (nSPS) is 15.0. The average molecular weight is 282 g/mol. The van der Waals surface area contributed by atoms with Gasteiger partial charge in [0.25, 0.3) is 0 Å². The predicted molar refractivity (Wildman–Crippen MR) is 83.6 cm³/mol. The van der Waals surface area contributed by atoms with Gasteiger partial charge in [0.1, 0.15) is 11.6 Å². The van der Waals surface area contributed by atoms with Gasteiger partial charge in [-0.3, -0.25) is 0 Å². The third-order valence-corrected chi connectivity index (χ3v) is 4.10. The van der Waals surface area contributed by atoms with Gasteiger partial charge in [-0.05, 0) is 66.6 Å². The molecule has 0 bridgehead atoms. The monoisotopic (exact) mass is 282 g/mol. The molecule has 1 N–H and O–H groups in total. The molecule has 108 valence electrons. The minimum atomic E-state index is -0.211. The first-order chi connectivity index (χ1) is 10.2. The van der Waals surface area contributed by atoms with E-state index in [0.717, 1.165) is 24.0 Å². The number of allylic oxidation sites excluding steroid dienone is 1. The van der Waals surface area contributed by atoms with E-state index >= 15 is 0 Å². The van der Waals surface area contributed by atoms with Crippen molar-refractivity contribution in [3.63, 3.8) is 0 Å². The fourth-order valence-electron chi connectivity index (χ4n) is 3.05. The highest BCUT2D eigenvalue weighted by atomic mass is 19.1. The van der Waals surface area contributed by atoms with Crippen LogP contribution >= 0.6 is 0 Å². The lowest BCUT2D eigenvalue weighted by atomic mass is 9.85. The van der Waals surface area contributed by atoms with Crippen LogP contribution in [0.2, 0.25) is 0 Å². The Bertz CT molecular complexity index is 583. The summed E-state index contributed by atoms with van der Waals surface area (Å²) in [7, 11) is 0. The first-order valence-electron chi connectivity index (χ1n) is 7.51. The van der Waals surface area contributed by atoms with Crippen LogP contribution in [0, 0.1) is 5.82 Å². The molecule has 1 aliphatic carbocycles. The Balaban J connectivity index is 2.10. The Hall–Kier alpha value is -2.09. The van der Waals surface area contributed by atoms with Crippen molar-refractivity contribution in [1.29, 1.82) is 0 Å². The second-order valence-electron chi connectivity index (χ2n) is 5.59. The van der Waals surface area contributed by atoms with Crippen LogP contribution in [0.1, 0.15) is 43.2 Å². The molecule has 0 aliphatic heterocycles. The summed E-state index contributed by atoms with van der Waals surface area (Å²) in [6, 6.07) is 14.0. The van der Waals surface area contributed by atoms with Gasteiger partial charge >= 0.3 is 0 Å². The molecule has 1 aliphatic rings. The maximum absolute atomic E-state index is 13.2. The number of phenolic OH excluding ortho intramolecular Hbond substituents is 1. The summed E-state index contributed by atoms with van der Waals surface area (Å²) in [6.45, 7) is 0. The van der Waals surface area contributed by atoms with Gasteiger partial charge in [-0.25, -0.2) is 4.39 Å². The molecule has 2 aromatic carbocycles. The summed E-state index contributed by atoms with van der Waals surface area (Å²) in [6.07, 6.45) is 5.94. The van der Waals surface area contributed by atoms with Crippen molar-refractivity contribution in [2.24, 2.45) is 0 Å². The fraction of sp³-hybridized carbons (Fsp3) is 0.263. The Morgan fingerprint density at radius 3 is 1.86 bits per heavy atom. The maximum atomic E-state index is 13.2. The number of phenols is 1. The third-order valence-electron chi connectivity index (χ3n) is 4.10. The molecule has 0 heterocycles. The Kier molecular flexibility index (Phi) is 4.05. The SMILES string of the molecule is Oc1ccc(C(=C2CCCCC2)c2ccc(F)cc2)cc1. The van der Waals surface area contributed by atoms with Crippen molar-refractivity contribution in [1.82, 2.24) is 0 Å². The van der Waals surface area contributed by atoms with E-state index in [1.165, 1.54) is 42.5 Å². The minimum absolute atomic E-state index is 0.211. The third kappa shape index (κ3) is 3.15. The number of aromatic hydroxyl groups is 1. The van der Waals surface area contributed by atoms with E-state index in [2.05, 4.69) is 0 Å². The summed E-state index contributed by atoms with van der Waals surface area (Å²) in [5.74, 6) is 0.0586. The molecule has 0 amide bonds. The summed E-state index contributed by atoms with van der Waals surface area (Å²) in [4.78, 5) is 0. The molecule has 3 rings (SSSR count). The van der Waals surface area contributed by atoms with Gasteiger partial charge in [0, 0.05) is 0 Å². The molecule has 0 atom stereocenters. The van der Waals surface area contributed by atoms with Gasteiger partial charge < -0.3 is 5.11 Å². The number of halogens is 1. The summed E-state index contributed by atoms with van der Waals surface area (Å²) < 4.78 is 13.2. The van der Waals surface area contributed by atoms with Crippen LogP contribution < -0.4 is 0 Å². The van der Waals surface area contributed by atoms with Crippen LogP contribution in [0.4, 0.5) is 4.39 Å². The topological polar surface area (TPSA) is 20.2 Å². The molecule has 21 heavy (non-hydrogen) atoms. The van der Waals surface area contributed by atoms with Gasteiger partial charge in [-0.2, -0.15) is 0 Å². The highest BCUT2D eigenvalue weighted by molar-refractivity contribution is 5.82. The molecule has 1 fully saturated rings. The van der Waals surface area contributed by atoms with E-state index in [1.54, 1.807) is 12.1 Å². The zero-order chi connectivity index (χ0) is 14.7. The van der Waals surface area contributed by atoms with Crippen LogP contribution in [0.3, 0.4) is 0 Å². The van der Waals surface area contributed by atoms with Crippen molar-refractivity contribution in [3.05, 3.63) is 71.0 Å². The molecule has 0 spiro atoms. The highest BCUT2D eigenvalue weighted by Crippen LogP contribution is 2.35. The molecule has 1 saturated carbocycles. The Labute approximate surface area is 124 Å². The lowest BCUT2D eigenvalue weighted by Crippen LogP contribution is -2.00. The van der Waals surface area contributed by atoms with Crippen molar-refractivity contribution in [2.75, 3.05) is 0 Å². The standard InChI is InChI=1S/C19H19FO/c20-17-10-6-15(7-11-17)19(14-4-2-1-3-5-14)16-8-12-18(21)13-9-16/h6-13,21H,1-5H2. The number of rotatable bonds is 2. The van der Waals surface area contributed by atoms with Gasteiger partial charge in [-0.1, -0.05) is 36.3 Å². The lowest BCUT2D eigenvalue weighted by Gasteiger charge is -2.20. The van der Waals surface area contributed by atoms with Crippen LogP contribution in [0.15, 0.2) is 54.1 Å². The summed E-state index contributed by atoms with van der Waals surface area (Å²) in [5.41, 5.74) is 4.79. The van der Waals surface area contributed by atoms with Crippen LogP contribution in [0.25, 0.3) is 5.57 Å². The number of hydrogen-bond acceptors (Lipinski definition) is 1. The fourth-order valence-corrected chi connectivity index (χ4v) is 3.05. The quantitative estimate of drug-likeness (QED) is 0.792. The second kappa shape index (κ2) is 6.13. The van der Waals surface area contributed by atoms with E-state index < -0.39 is 0 Å². The molecule has 0 aromatic heterocycles. The van der Waals surface area contributed by atoms with Crippen molar-refractivity contribution >= 4 is 5.57 Å². The van der Waals surface area contributed by atoms with E-state index in [-0.39, 0.29) is 11.6 Å². The number of hydrogen-bond donors (Lipinski definition) is 1.